The van der Waals surface area contributed by atoms with Gasteiger partial charge in [-0.05, 0) is 25.0 Å². The molecule has 0 spiro atoms. The summed E-state index contributed by atoms with van der Waals surface area (Å²) in [6.07, 6.45) is 0. The Morgan fingerprint density at radius 1 is 1.46 bits per heavy atom. The number of nitrogens with zero attached hydrogens (tertiary/aromatic N) is 1. The van der Waals surface area contributed by atoms with E-state index in [4.69, 9.17) is 5.73 Å². The third-order valence-electron chi connectivity index (χ3n) is 2.68. The second-order valence-corrected chi connectivity index (χ2v) is 4.91. The van der Waals surface area contributed by atoms with Gasteiger partial charge in [0.2, 0.25) is 0 Å². The third-order valence-corrected chi connectivity index (χ3v) is 2.68. The zero-order chi connectivity index (χ0) is 10.6. The molecule has 2 heteroatoms. The maximum absolute atomic E-state index is 5.50. The summed E-state index contributed by atoms with van der Waals surface area (Å²) in [6, 6.07) is 0.538. The first kappa shape index (κ1) is 12.7. The van der Waals surface area contributed by atoms with E-state index in [1.165, 1.54) is 0 Å². The zero-order valence-electron chi connectivity index (χ0n) is 9.72. The van der Waals surface area contributed by atoms with Crippen molar-refractivity contribution in [2.45, 2.75) is 33.7 Å². The van der Waals surface area contributed by atoms with Gasteiger partial charge in [-0.2, -0.15) is 0 Å². The highest BCUT2D eigenvalue weighted by atomic mass is 15.1. The lowest BCUT2D eigenvalue weighted by Crippen LogP contribution is -2.40. The van der Waals surface area contributed by atoms with Gasteiger partial charge in [-0.3, -0.25) is 4.90 Å². The largest absolute Gasteiger partial charge is 0.327 e. The Morgan fingerprint density at radius 2 is 1.92 bits per heavy atom. The molecule has 0 saturated carbocycles. The fourth-order valence-corrected chi connectivity index (χ4v) is 1.22. The summed E-state index contributed by atoms with van der Waals surface area (Å²) < 4.78 is 0. The molecule has 0 aromatic heterocycles. The Balaban J connectivity index is 4.11. The topological polar surface area (TPSA) is 29.3 Å². The molecule has 0 radical (unpaired) electrons. The van der Waals surface area contributed by atoms with Gasteiger partial charge in [0.05, 0.1) is 0 Å². The fourth-order valence-electron chi connectivity index (χ4n) is 1.22. The van der Waals surface area contributed by atoms with Crippen molar-refractivity contribution in [2.24, 2.45) is 11.1 Å². The molecule has 2 N–H and O–H groups in total. The van der Waals surface area contributed by atoms with E-state index in [-0.39, 0.29) is 0 Å². The van der Waals surface area contributed by atoms with Crippen LogP contribution in [0.5, 0.6) is 0 Å². The average Bonchev–Trinajstić information content (AvgIpc) is 2.01. The lowest BCUT2D eigenvalue weighted by molar-refractivity contribution is 0.151. The standard InChI is InChI=1S/C11H24N2/c1-9(7-12)8-13(6)10(2)11(3,4)5/h10H,1,7-8,12H2,2-6H3. The molecule has 0 aromatic rings. The molecule has 0 aromatic carbocycles. The number of hydrogen-bond donors (Lipinski definition) is 1. The molecule has 0 aliphatic carbocycles. The molecule has 1 unspecified atom stereocenters. The lowest BCUT2D eigenvalue weighted by atomic mass is 9.87. The van der Waals surface area contributed by atoms with Gasteiger partial charge in [-0.1, -0.05) is 27.4 Å². The Kier molecular flexibility index (Phi) is 4.65. The predicted molar refractivity (Wildman–Crippen MR) is 59.7 cm³/mol. The van der Waals surface area contributed by atoms with E-state index < -0.39 is 0 Å². The van der Waals surface area contributed by atoms with E-state index in [2.05, 4.69) is 46.2 Å². The summed E-state index contributed by atoms with van der Waals surface area (Å²) in [7, 11) is 2.12. The summed E-state index contributed by atoms with van der Waals surface area (Å²) in [5, 5.41) is 0. The van der Waals surface area contributed by atoms with Crippen molar-refractivity contribution in [1.29, 1.82) is 0 Å². The third kappa shape index (κ3) is 4.44. The van der Waals surface area contributed by atoms with Gasteiger partial charge in [0.25, 0.3) is 0 Å². The van der Waals surface area contributed by atoms with Crippen molar-refractivity contribution in [1.82, 2.24) is 4.90 Å². The summed E-state index contributed by atoms with van der Waals surface area (Å²) in [6.45, 7) is 14.4. The lowest BCUT2D eigenvalue weighted by Gasteiger charge is -2.35. The van der Waals surface area contributed by atoms with Crippen LogP contribution in [0.2, 0.25) is 0 Å². The Bertz CT molecular complexity index is 167. The van der Waals surface area contributed by atoms with Crippen LogP contribution in [0.4, 0.5) is 0 Å². The first-order chi connectivity index (χ1) is 5.79. The van der Waals surface area contributed by atoms with Crippen LogP contribution in [0.1, 0.15) is 27.7 Å². The Morgan fingerprint density at radius 3 is 2.23 bits per heavy atom. The minimum atomic E-state index is 0.309. The van der Waals surface area contributed by atoms with Gasteiger partial charge in [0, 0.05) is 19.1 Å². The first-order valence-electron chi connectivity index (χ1n) is 4.86. The molecular formula is C11H24N2. The molecule has 1 atom stereocenters. The van der Waals surface area contributed by atoms with Crippen molar-refractivity contribution < 1.29 is 0 Å². The molecule has 0 aliphatic rings. The molecule has 0 amide bonds. The van der Waals surface area contributed by atoms with E-state index >= 15 is 0 Å². The van der Waals surface area contributed by atoms with Gasteiger partial charge in [-0.15, -0.1) is 0 Å². The van der Waals surface area contributed by atoms with Crippen LogP contribution in [-0.2, 0) is 0 Å². The molecule has 0 fully saturated rings. The molecule has 0 rings (SSSR count). The second-order valence-electron chi connectivity index (χ2n) is 4.91. The van der Waals surface area contributed by atoms with Gasteiger partial charge < -0.3 is 5.73 Å². The molecule has 2 nitrogen and oxygen atoms in total. The Labute approximate surface area is 82.8 Å². The molecule has 0 bridgehead atoms. The van der Waals surface area contributed by atoms with Gasteiger partial charge in [0.1, 0.15) is 0 Å². The molecule has 0 aliphatic heterocycles. The van der Waals surface area contributed by atoms with Crippen LogP contribution in [-0.4, -0.2) is 31.1 Å². The highest BCUT2D eigenvalue weighted by Gasteiger charge is 2.23. The number of likely N-dealkylation sites (N-methyl/N-ethyl adjacent to an activating group) is 1. The zero-order valence-corrected chi connectivity index (χ0v) is 9.72. The minimum absolute atomic E-state index is 0.309. The molecular weight excluding hydrogens is 160 g/mol. The van der Waals surface area contributed by atoms with Gasteiger partial charge in [0.15, 0.2) is 0 Å². The maximum atomic E-state index is 5.50. The van der Waals surface area contributed by atoms with E-state index in [1.54, 1.807) is 0 Å². The van der Waals surface area contributed by atoms with Crippen LogP contribution < -0.4 is 5.73 Å². The summed E-state index contributed by atoms with van der Waals surface area (Å²) in [5.41, 5.74) is 6.91. The van der Waals surface area contributed by atoms with Crippen LogP contribution in [0.25, 0.3) is 0 Å². The van der Waals surface area contributed by atoms with E-state index in [0.29, 0.717) is 18.0 Å². The van der Waals surface area contributed by atoms with Gasteiger partial charge >= 0.3 is 0 Å². The van der Waals surface area contributed by atoms with Crippen LogP contribution in [0.3, 0.4) is 0 Å². The highest BCUT2D eigenvalue weighted by molar-refractivity contribution is 4.99. The first-order valence-corrected chi connectivity index (χ1v) is 4.86. The van der Waals surface area contributed by atoms with E-state index in [9.17, 15) is 0 Å². The van der Waals surface area contributed by atoms with Crippen LogP contribution in [0.15, 0.2) is 12.2 Å². The smallest absolute Gasteiger partial charge is 0.0202 e. The molecule has 13 heavy (non-hydrogen) atoms. The molecule has 78 valence electrons. The van der Waals surface area contributed by atoms with Crippen molar-refractivity contribution in [3.63, 3.8) is 0 Å². The Hall–Kier alpha value is -0.340. The number of nitrogens with two attached hydrogens (primary N) is 1. The van der Waals surface area contributed by atoms with Crippen molar-refractivity contribution in [2.75, 3.05) is 20.1 Å². The van der Waals surface area contributed by atoms with Crippen LogP contribution in [0, 0.1) is 5.41 Å². The SMILES string of the molecule is C=C(CN)CN(C)C(C)C(C)(C)C. The summed E-state index contributed by atoms with van der Waals surface area (Å²) in [5.74, 6) is 0. The highest BCUT2D eigenvalue weighted by Crippen LogP contribution is 2.23. The quantitative estimate of drug-likeness (QED) is 0.676. The molecule has 0 saturated heterocycles. The number of hydrogen-bond acceptors (Lipinski definition) is 2. The van der Waals surface area contributed by atoms with Gasteiger partial charge in [-0.25, -0.2) is 0 Å². The predicted octanol–water partition coefficient (Wildman–Crippen LogP) is 1.87. The number of rotatable bonds is 4. The van der Waals surface area contributed by atoms with Crippen molar-refractivity contribution in [3.8, 4) is 0 Å². The minimum Gasteiger partial charge on any atom is -0.327 e. The van der Waals surface area contributed by atoms with E-state index in [1.807, 2.05) is 0 Å². The normalized spacial score (nSPS) is 14.7. The molecule has 0 heterocycles. The van der Waals surface area contributed by atoms with E-state index in [0.717, 1.165) is 12.1 Å². The van der Waals surface area contributed by atoms with Crippen LogP contribution >= 0.6 is 0 Å². The van der Waals surface area contributed by atoms with Crippen molar-refractivity contribution >= 4 is 0 Å². The second kappa shape index (κ2) is 4.77. The van der Waals surface area contributed by atoms with Crippen molar-refractivity contribution in [3.05, 3.63) is 12.2 Å². The summed E-state index contributed by atoms with van der Waals surface area (Å²) >= 11 is 0. The maximum Gasteiger partial charge on any atom is 0.0202 e. The summed E-state index contributed by atoms with van der Waals surface area (Å²) in [4.78, 5) is 2.30. The average molecular weight is 184 g/mol. The monoisotopic (exact) mass is 184 g/mol. The fraction of sp³-hybridized carbons (Fsp3) is 0.818.